The highest BCUT2D eigenvalue weighted by Crippen LogP contribution is 2.55. The van der Waals surface area contributed by atoms with Crippen LogP contribution in [0.15, 0.2) is 41.3 Å². The van der Waals surface area contributed by atoms with Crippen molar-refractivity contribution in [2.75, 3.05) is 0 Å². The largest absolute Gasteiger partial charge is 0.611 e. The zero-order valence-corrected chi connectivity index (χ0v) is 14.2. The van der Waals surface area contributed by atoms with Crippen LogP contribution in [0.4, 0.5) is 8.78 Å². The van der Waals surface area contributed by atoms with Gasteiger partial charge in [0.1, 0.15) is 5.75 Å². The van der Waals surface area contributed by atoms with Crippen molar-refractivity contribution in [2.24, 2.45) is 0 Å². The maximum Gasteiger partial charge on any atom is 0.387 e. The molecule has 0 fully saturated rings. The molecule has 3 atom stereocenters. The van der Waals surface area contributed by atoms with Gasteiger partial charge in [-0.15, -0.1) is 0 Å². The summed E-state index contributed by atoms with van der Waals surface area (Å²) in [4.78, 5) is 5.17. The number of fused-ring (bicyclic) bond motifs is 9. The second-order valence-corrected chi connectivity index (χ2v) is 8.10. The minimum absolute atomic E-state index is 0.0704. The number of benzene rings is 2. The molecule has 4 nitrogen and oxygen atoms in total. The molecule has 25 heavy (non-hydrogen) atoms. The summed E-state index contributed by atoms with van der Waals surface area (Å²) in [6.07, 6.45) is 0.550. The molecule has 2 bridgehead atoms. The lowest BCUT2D eigenvalue weighted by Gasteiger charge is -2.27. The van der Waals surface area contributed by atoms with Crippen molar-refractivity contribution in [2.45, 2.75) is 29.2 Å². The predicted octanol–water partition coefficient (Wildman–Crippen LogP) is 4.45. The first kappa shape index (κ1) is 15.4. The van der Waals surface area contributed by atoms with Gasteiger partial charge in [0.25, 0.3) is 0 Å². The van der Waals surface area contributed by atoms with Gasteiger partial charge in [0.05, 0.1) is 22.6 Å². The summed E-state index contributed by atoms with van der Waals surface area (Å²) in [5.74, 6) is 0.779. The molecule has 0 radical (unpaired) electrons. The minimum Gasteiger partial charge on any atom is -0.611 e. The Balaban J connectivity index is 1.78. The van der Waals surface area contributed by atoms with Gasteiger partial charge in [-0.05, 0) is 41.5 Å². The molecule has 0 spiro atoms. The smallest absolute Gasteiger partial charge is 0.387 e. The van der Waals surface area contributed by atoms with Gasteiger partial charge >= 0.3 is 6.61 Å². The Morgan fingerprint density at radius 1 is 1.32 bits per heavy atom. The fourth-order valence-corrected chi connectivity index (χ4v) is 5.72. The van der Waals surface area contributed by atoms with E-state index in [1.807, 2.05) is 10.6 Å². The molecule has 0 unspecified atom stereocenters. The monoisotopic (exact) mass is 380 g/mol. The van der Waals surface area contributed by atoms with Crippen molar-refractivity contribution in [3.8, 4) is 5.75 Å². The summed E-state index contributed by atoms with van der Waals surface area (Å²) in [6, 6.07) is 9.91. The molecule has 5 rings (SSSR count). The number of nitrogens with zero attached hydrogens (tertiary/aromatic N) is 2. The van der Waals surface area contributed by atoms with E-state index in [4.69, 9.17) is 16.3 Å². The van der Waals surface area contributed by atoms with E-state index in [2.05, 4.69) is 4.98 Å². The maximum absolute atomic E-state index is 13.0. The fourth-order valence-electron chi connectivity index (χ4n) is 3.86. The summed E-state index contributed by atoms with van der Waals surface area (Å²) < 4.78 is 45.4. The highest BCUT2D eigenvalue weighted by atomic mass is 35.5. The summed E-state index contributed by atoms with van der Waals surface area (Å²) in [6.45, 7) is -2.94. The van der Waals surface area contributed by atoms with Crippen LogP contribution in [0.25, 0.3) is 11.0 Å². The van der Waals surface area contributed by atoms with Crippen molar-refractivity contribution in [1.82, 2.24) is 9.55 Å². The van der Waals surface area contributed by atoms with Gasteiger partial charge in [0, 0.05) is 11.4 Å². The molecule has 128 valence electrons. The summed E-state index contributed by atoms with van der Waals surface area (Å²) in [5, 5.41) is 0.306. The lowest BCUT2D eigenvalue weighted by atomic mass is 10.0. The SMILES string of the molecule is [O-][S@@+]1c2cccc(OC(F)F)c2[C@@H]2C[C@@H]1c1nc3ccc(Cl)cc3n12. The maximum atomic E-state index is 13.0. The molecular weight excluding hydrogens is 370 g/mol. The third-order valence-electron chi connectivity index (χ3n) is 4.77. The number of hydrogen-bond acceptors (Lipinski definition) is 3. The van der Waals surface area contributed by atoms with E-state index in [-0.39, 0.29) is 17.0 Å². The Morgan fingerprint density at radius 3 is 2.96 bits per heavy atom. The zero-order valence-electron chi connectivity index (χ0n) is 12.7. The van der Waals surface area contributed by atoms with Crippen LogP contribution < -0.4 is 4.74 Å². The van der Waals surface area contributed by atoms with Crippen LogP contribution in [0.2, 0.25) is 5.02 Å². The van der Waals surface area contributed by atoms with Crippen LogP contribution in [0.3, 0.4) is 0 Å². The quantitative estimate of drug-likeness (QED) is 0.617. The molecule has 0 saturated carbocycles. The number of alkyl halides is 2. The number of hydrogen-bond donors (Lipinski definition) is 0. The van der Waals surface area contributed by atoms with Crippen LogP contribution >= 0.6 is 11.6 Å². The first-order valence-electron chi connectivity index (χ1n) is 7.70. The van der Waals surface area contributed by atoms with Crippen molar-refractivity contribution < 1.29 is 18.1 Å². The van der Waals surface area contributed by atoms with E-state index in [0.717, 1.165) is 11.0 Å². The summed E-state index contributed by atoms with van der Waals surface area (Å²) >= 11 is 4.75. The Bertz CT molecular complexity index is 1010. The molecule has 2 aromatic carbocycles. The van der Waals surface area contributed by atoms with E-state index in [1.165, 1.54) is 6.07 Å². The van der Waals surface area contributed by atoms with E-state index in [0.29, 0.717) is 27.7 Å². The first-order valence-corrected chi connectivity index (χ1v) is 9.29. The Morgan fingerprint density at radius 2 is 2.16 bits per heavy atom. The predicted molar refractivity (Wildman–Crippen MR) is 89.7 cm³/mol. The topological polar surface area (TPSA) is 50.1 Å². The molecule has 3 heterocycles. The second kappa shape index (κ2) is 5.33. The second-order valence-electron chi connectivity index (χ2n) is 6.06. The molecule has 0 N–H and O–H groups in total. The molecule has 2 aliphatic heterocycles. The molecule has 8 heteroatoms. The van der Waals surface area contributed by atoms with Crippen molar-refractivity contribution >= 4 is 33.8 Å². The van der Waals surface area contributed by atoms with E-state index >= 15 is 0 Å². The highest BCUT2D eigenvalue weighted by molar-refractivity contribution is 7.91. The number of halogens is 3. The Labute approximate surface area is 149 Å². The standard InChI is InChI=1S/C17H11ClF2N2O2S/c18-8-4-5-9-10(6-8)22-11-7-14(16(22)21-9)25(23)13-3-1-2-12(15(11)13)24-17(19)20/h1-6,11,14,17H,7H2/t11-,14+,25-/m0/s1. The summed E-state index contributed by atoms with van der Waals surface area (Å²) in [5.41, 5.74) is 2.11. The number of aromatic nitrogens is 2. The Hall–Kier alpha value is -1.83. The molecule has 0 aliphatic carbocycles. The third kappa shape index (κ3) is 2.12. The lowest BCUT2D eigenvalue weighted by molar-refractivity contribution is -0.0509. The molecule has 1 aromatic heterocycles. The van der Waals surface area contributed by atoms with Gasteiger partial charge in [-0.2, -0.15) is 8.78 Å². The zero-order chi connectivity index (χ0) is 17.3. The van der Waals surface area contributed by atoms with Crippen LogP contribution in [0.5, 0.6) is 5.75 Å². The molecule has 0 amide bonds. The third-order valence-corrected chi connectivity index (χ3v) is 6.71. The highest BCUT2D eigenvalue weighted by Gasteiger charge is 2.50. The normalized spacial score (nSPS) is 23.8. The average Bonchev–Trinajstić information content (AvgIpc) is 3.08. The van der Waals surface area contributed by atoms with Crippen LogP contribution in [-0.2, 0) is 11.2 Å². The van der Waals surface area contributed by atoms with Crippen LogP contribution in [0, 0.1) is 0 Å². The lowest BCUT2D eigenvalue weighted by Crippen LogP contribution is -2.21. The number of rotatable bonds is 2. The first-order chi connectivity index (χ1) is 12.0. The van der Waals surface area contributed by atoms with Crippen molar-refractivity contribution in [3.05, 3.63) is 52.8 Å². The van der Waals surface area contributed by atoms with Gasteiger partial charge < -0.3 is 13.9 Å². The van der Waals surface area contributed by atoms with E-state index in [1.54, 1.807) is 24.3 Å². The van der Waals surface area contributed by atoms with E-state index < -0.39 is 17.8 Å². The molecule has 2 aliphatic rings. The van der Waals surface area contributed by atoms with Crippen LogP contribution in [-0.4, -0.2) is 20.7 Å². The number of imidazole rings is 1. The van der Waals surface area contributed by atoms with Gasteiger partial charge in [-0.1, -0.05) is 17.7 Å². The van der Waals surface area contributed by atoms with Crippen LogP contribution in [0.1, 0.15) is 29.1 Å². The average molecular weight is 381 g/mol. The van der Waals surface area contributed by atoms with Crippen molar-refractivity contribution in [1.29, 1.82) is 0 Å². The van der Waals surface area contributed by atoms with Gasteiger partial charge in [-0.25, -0.2) is 4.98 Å². The molecule has 0 saturated heterocycles. The van der Waals surface area contributed by atoms with Gasteiger partial charge in [0.2, 0.25) is 0 Å². The van der Waals surface area contributed by atoms with E-state index in [9.17, 15) is 13.3 Å². The molecular formula is C17H11ClF2N2O2S. The summed E-state index contributed by atoms with van der Waals surface area (Å²) in [7, 11) is 0. The fraction of sp³-hybridized carbons (Fsp3) is 0.235. The van der Waals surface area contributed by atoms with Gasteiger partial charge in [-0.3, -0.25) is 0 Å². The number of ether oxygens (including phenoxy) is 1. The minimum atomic E-state index is -2.94. The Kier molecular flexibility index (Phi) is 3.29. The molecule has 3 aromatic rings. The van der Waals surface area contributed by atoms with Gasteiger partial charge in [0.15, 0.2) is 16.0 Å². The van der Waals surface area contributed by atoms with Crippen molar-refractivity contribution in [3.63, 3.8) is 0 Å².